The number of nitrogens with zero attached hydrogens (tertiary/aromatic N) is 1. The van der Waals surface area contributed by atoms with Crippen molar-refractivity contribution in [2.24, 2.45) is 0 Å². The van der Waals surface area contributed by atoms with E-state index >= 15 is 0 Å². The molecule has 96 valence electrons. The third-order valence-electron chi connectivity index (χ3n) is 2.13. The second kappa shape index (κ2) is 7.30. The first kappa shape index (κ1) is 14.0. The van der Waals surface area contributed by atoms with E-state index < -0.39 is 0 Å². The highest BCUT2D eigenvalue weighted by Crippen LogP contribution is 2.24. The first-order valence-electron chi connectivity index (χ1n) is 5.58. The summed E-state index contributed by atoms with van der Waals surface area (Å²) in [5, 5.41) is 11.1. The van der Waals surface area contributed by atoms with Crippen LogP contribution in [0.1, 0.15) is 13.3 Å². The van der Waals surface area contributed by atoms with Crippen molar-refractivity contribution < 1.29 is 14.3 Å². The van der Waals surface area contributed by atoms with Crippen LogP contribution < -0.4 is 10.1 Å². The van der Waals surface area contributed by atoms with Crippen molar-refractivity contribution in [3.63, 3.8) is 0 Å². The molecule has 1 aromatic rings. The fourth-order valence-electron chi connectivity index (χ4n) is 1.42. The number of carbonyl (C=O) groups excluding carboxylic acids is 1. The molecule has 0 aliphatic rings. The van der Waals surface area contributed by atoms with Crippen LogP contribution in [0, 0.1) is 11.3 Å². The monoisotopic (exact) mass is 248 g/mol. The third kappa shape index (κ3) is 4.44. The number of ether oxygens (including phenoxy) is 2. The van der Waals surface area contributed by atoms with E-state index in [1.165, 1.54) is 0 Å². The molecule has 1 aromatic carbocycles. The number of anilines is 1. The van der Waals surface area contributed by atoms with Gasteiger partial charge in [0.1, 0.15) is 18.3 Å². The van der Waals surface area contributed by atoms with E-state index in [0.29, 0.717) is 18.0 Å². The van der Waals surface area contributed by atoms with Crippen molar-refractivity contribution in [2.45, 2.75) is 19.4 Å². The Bertz CT molecular complexity index is 440. The van der Waals surface area contributed by atoms with Crippen LogP contribution in [0.3, 0.4) is 0 Å². The number of rotatable bonds is 6. The number of nitriles is 1. The van der Waals surface area contributed by atoms with Gasteiger partial charge in [-0.3, -0.25) is 4.79 Å². The maximum atomic E-state index is 11.4. The summed E-state index contributed by atoms with van der Waals surface area (Å²) in [6.45, 7) is 2.33. The first-order valence-corrected chi connectivity index (χ1v) is 5.58. The molecule has 1 N–H and O–H groups in total. The number of methoxy groups -OCH3 is 1. The Labute approximate surface area is 106 Å². The Balaban J connectivity index is 2.73. The average Bonchev–Trinajstić information content (AvgIpc) is 2.32. The summed E-state index contributed by atoms with van der Waals surface area (Å²) in [5.74, 6) is 0.210. The van der Waals surface area contributed by atoms with Gasteiger partial charge in [-0.15, -0.1) is 0 Å². The molecular weight excluding hydrogens is 232 g/mol. The van der Waals surface area contributed by atoms with Crippen molar-refractivity contribution >= 4 is 11.6 Å². The Morgan fingerprint density at radius 3 is 2.89 bits per heavy atom. The van der Waals surface area contributed by atoms with E-state index in [4.69, 9.17) is 14.7 Å². The Morgan fingerprint density at radius 2 is 2.22 bits per heavy atom. The van der Waals surface area contributed by atoms with Crippen molar-refractivity contribution in [2.75, 3.05) is 19.0 Å². The summed E-state index contributed by atoms with van der Waals surface area (Å²) in [7, 11) is 1.60. The van der Waals surface area contributed by atoms with E-state index in [0.717, 1.165) is 0 Å². The summed E-state index contributed by atoms with van der Waals surface area (Å²) < 4.78 is 10.6. The van der Waals surface area contributed by atoms with Crippen LogP contribution in [0.4, 0.5) is 5.69 Å². The molecule has 0 fully saturated rings. The zero-order valence-electron chi connectivity index (χ0n) is 10.5. The molecule has 1 rings (SSSR count). The molecule has 0 bridgehead atoms. The maximum Gasteiger partial charge on any atom is 0.238 e. The lowest BCUT2D eigenvalue weighted by Crippen LogP contribution is -2.19. The van der Waals surface area contributed by atoms with E-state index in [-0.39, 0.29) is 18.4 Å². The predicted octanol–water partition coefficient (Wildman–Crippen LogP) is 1.95. The fraction of sp³-hybridized carbons (Fsp3) is 0.385. The van der Waals surface area contributed by atoms with Crippen LogP contribution in [0.25, 0.3) is 0 Å². The van der Waals surface area contributed by atoms with Gasteiger partial charge in [0.05, 0.1) is 18.4 Å². The topological polar surface area (TPSA) is 71.3 Å². The highest BCUT2D eigenvalue weighted by Gasteiger charge is 2.10. The van der Waals surface area contributed by atoms with Gasteiger partial charge in [-0.05, 0) is 19.1 Å². The van der Waals surface area contributed by atoms with Gasteiger partial charge in [-0.25, -0.2) is 0 Å². The maximum absolute atomic E-state index is 11.4. The van der Waals surface area contributed by atoms with Gasteiger partial charge in [-0.1, -0.05) is 12.1 Å². The highest BCUT2D eigenvalue weighted by molar-refractivity contribution is 5.93. The van der Waals surface area contributed by atoms with Gasteiger partial charge < -0.3 is 14.8 Å². The minimum atomic E-state index is -0.354. The molecule has 0 aliphatic carbocycles. The average molecular weight is 248 g/mol. The summed E-state index contributed by atoms with van der Waals surface area (Å²) in [6, 6.07) is 8.88. The lowest BCUT2D eigenvalue weighted by Gasteiger charge is -2.16. The van der Waals surface area contributed by atoms with Crippen molar-refractivity contribution in [1.82, 2.24) is 0 Å². The third-order valence-corrected chi connectivity index (χ3v) is 2.13. The largest absolute Gasteiger partial charge is 0.486 e. The van der Waals surface area contributed by atoms with Crippen molar-refractivity contribution in [1.29, 1.82) is 5.26 Å². The number of benzene rings is 1. The molecule has 5 nitrogen and oxygen atoms in total. The van der Waals surface area contributed by atoms with Crippen molar-refractivity contribution in [3.8, 4) is 11.8 Å². The quantitative estimate of drug-likeness (QED) is 0.835. The molecule has 0 spiro atoms. The second-order valence-electron chi connectivity index (χ2n) is 3.76. The number of nitrogens with one attached hydrogen (secondary N) is 1. The van der Waals surface area contributed by atoms with Crippen LogP contribution in [0.2, 0.25) is 0 Å². The molecule has 0 heterocycles. The molecule has 1 amide bonds. The molecule has 0 radical (unpaired) electrons. The molecule has 5 heteroatoms. The Kier molecular flexibility index (Phi) is 5.68. The first-order chi connectivity index (χ1) is 8.67. The Hall–Kier alpha value is -2.06. The van der Waals surface area contributed by atoms with Gasteiger partial charge >= 0.3 is 0 Å². The number of para-hydroxylation sites is 2. The standard InChI is InChI=1S/C13H16N2O3/c1-10(9-17-2)18-12-6-4-3-5-11(12)15-13(16)7-8-14/h3-6,10H,7,9H2,1-2H3,(H,15,16). The van der Waals surface area contributed by atoms with Crippen LogP contribution in [-0.4, -0.2) is 25.7 Å². The van der Waals surface area contributed by atoms with Gasteiger partial charge in [0.25, 0.3) is 0 Å². The molecule has 0 saturated heterocycles. The minimum absolute atomic E-state index is 0.121. The van der Waals surface area contributed by atoms with E-state index in [1.807, 2.05) is 13.0 Å². The van der Waals surface area contributed by atoms with Crippen LogP contribution in [0.15, 0.2) is 24.3 Å². The van der Waals surface area contributed by atoms with Gasteiger partial charge in [0.2, 0.25) is 5.91 Å². The highest BCUT2D eigenvalue weighted by atomic mass is 16.5. The molecule has 0 aromatic heterocycles. The van der Waals surface area contributed by atoms with Gasteiger partial charge in [0, 0.05) is 7.11 Å². The summed E-state index contributed by atoms with van der Waals surface area (Å²) >= 11 is 0. The number of amides is 1. The second-order valence-corrected chi connectivity index (χ2v) is 3.76. The smallest absolute Gasteiger partial charge is 0.238 e. The molecule has 0 saturated carbocycles. The van der Waals surface area contributed by atoms with E-state index in [9.17, 15) is 4.79 Å². The van der Waals surface area contributed by atoms with E-state index in [2.05, 4.69) is 5.32 Å². The minimum Gasteiger partial charge on any atom is -0.486 e. The zero-order valence-corrected chi connectivity index (χ0v) is 10.5. The zero-order chi connectivity index (χ0) is 13.4. The fourth-order valence-corrected chi connectivity index (χ4v) is 1.42. The SMILES string of the molecule is COCC(C)Oc1ccccc1NC(=O)CC#N. The van der Waals surface area contributed by atoms with Crippen LogP contribution in [-0.2, 0) is 9.53 Å². The van der Waals surface area contributed by atoms with Gasteiger partial charge in [-0.2, -0.15) is 5.26 Å². The molecule has 0 aliphatic heterocycles. The predicted molar refractivity (Wildman–Crippen MR) is 67.3 cm³/mol. The lowest BCUT2D eigenvalue weighted by atomic mass is 10.2. The molecular formula is C13H16N2O3. The number of hydrogen-bond acceptors (Lipinski definition) is 4. The van der Waals surface area contributed by atoms with Crippen molar-refractivity contribution in [3.05, 3.63) is 24.3 Å². The summed E-state index contributed by atoms with van der Waals surface area (Å²) in [4.78, 5) is 11.4. The number of hydrogen-bond donors (Lipinski definition) is 1. The summed E-state index contributed by atoms with van der Waals surface area (Å²) in [6.07, 6.45) is -0.300. The lowest BCUT2D eigenvalue weighted by molar-refractivity contribution is -0.115. The Morgan fingerprint density at radius 1 is 1.50 bits per heavy atom. The normalized spacial score (nSPS) is 11.4. The molecule has 18 heavy (non-hydrogen) atoms. The molecule has 1 unspecified atom stereocenters. The summed E-state index contributed by atoms with van der Waals surface area (Å²) in [5.41, 5.74) is 0.556. The van der Waals surface area contributed by atoms with Crippen LogP contribution in [0.5, 0.6) is 5.75 Å². The molecule has 1 atom stereocenters. The van der Waals surface area contributed by atoms with E-state index in [1.54, 1.807) is 31.4 Å². The van der Waals surface area contributed by atoms with Gasteiger partial charge in [0.15, 0.2) is 0 Å². The van der Waals surface area contributed by atoms with Crippen LogP contribution >= 0.6 is 0 Å². The number of carbonyl (C=O) groups is 1.